The average molecular weight is 281 g/mol. The van der Waals surface area contributed by atoms with Crippen LogP contribution in [-0.2, 0) is 9.59 Å². The topological polar surface area (TPSA) is 95.7 Å². The highest BCUT2D eigenvalue weighted by Gasteiger charge is 2.34. The quantitative estimate of drug-likeness (QED) is 0.834. The van der Waals surface area contributed by atoms with Crippen molar-refractivity contribution in [1.82, 2.24) is 10.1 Å². The monoisotopic (exact) mass is 281 g/mol. The van der Waals surface area contributed by atoms with Crippen LogP contribution in [0.1, 0.15) is 19.1 Å². The fourth-order valence-corrected chi connectivity index (χ4v) is 2.46. The molecular weight excluding hydrogens is 262 g/mol. The highest BCUT2D eigenvalue weighted by Crippen LogP contribution is 2.23. The smallest absolute Gasteiger partial charge is 0.308 e. The summed E-state index contributed by atoms with van der Waals surface area (Å²) in [4.78, 5) is 24.8. The van der Waals surface area contributed by atoms with Gasteiger partial charge in [-0.1, -0.05) is 12.1 Å². The summed E-state index contributed by atoms with van der Waals surface area (Å²) in [5.41, 5.74) is 0. The van der Waals surface area contributed by atoms with Crippen LogP contribution >= 0.6 is 0 Å². The number of nitrogens with one attached hydrogen (secondary N) is 1. The highest BCUT2D eigenvalue weighted by molar-refractivity contribution is 5.89. The fourth-order valence-electron chi connectivity index (χ4n) is 2.46. The number of anilines is 1. The Balaban J connectivity index is 1.75. The molecule has 7 heteroatoms. The molecule has 2 atom stereocenters. The zero-order chi connectivity index (χ0) is 14.7. The molecule has 0 bridgehead atoms. The van der Waals surface area contributed by atoms with Crippen LogP contribution in [0.2, 0.25) is 0 Å². The molecule has 1 aliphatic heterocycles. The first kappa shape index (κ1) is 14.5. The Bertz CT molecular complexity index is 500. The third-order valence-electron chi connectivity index (χ3n) is 3.56. The van der Waals surface area contributed by atoms with E-state index in [0.717, 1.165) is 0 Å². The Morgan fingerprint density at radius 2 is 2.30 bits per heavy atom. The van der Waals surface area contributed by atoms with Crippen LogP contribution in [0.4, 0.5) is 5.82 Å². The SMILES string of the molecule is Cc1cc(NC(=O)CCN2C[C@@H](C)[C@H](C(=O)O)C2)no1. The Labute approximate surface area is 116 Å². The molecular formula is C13H19N3O4. The molecule has 1 aromatic heterocycles. The molecule has 0 unspecified atom stereocenters. The second kappa shape index (κ2) is 6.04. The number of likely N-dealkylation sites (tertiary alicyclic amines) is 1. The van der Waals surface area contributed by atoms with Gasteiger partial charge in [0.05, 0.1) is 5.92 Å². The molecule has 2 N–H and O–H groups in total. The maximum absolute atomic E-state index is 11.7. The minimum Gasteiger partial charge on any atom is -0.481 e. The predicted octanol–water partition coefficient (Wildman–Crippen LogP) is 0.964. The van der Waals surface area contributed by atoms with Crippen molar-refractivity contribution in [2.45, 2.75) is 20.3 Å². The van der Waals surface area contributed by atoms with Crippen LogP contribution in [0.5, 0.6) is 0 Å². The van der Waals surface area contributed by atoms with Gasteiger partial charge >= 0.3 is 5.97 Å². The third-order valence-corrected chi connectivity index (χ3v) is 3.56. The summed E-state index contributed by atoms with van der Waals surface area (Å²) in [7, 11) is 0. The summed E-state index contributed by atoms with van der Waals surface area (Å²) in [6.07, 6.45) is 0.310. The number of hydrogen-bond donors (Lipinski definition) is 2. The van der Waals surface area contributed by atoms with E-state index in [1.165, 1.54) is 0 Å². The van der Waals surface area contributed by atoms with Gasteiger partial charge in [0.25, 0.3) is 0 Å². The predicted molar refractivity (Wildman–Crippen MR) is 71.2 cm³/mol. The average Bonchev–Trinajstić information content (AvgIpc) is 2.93. The number of carboxylic acids is 1. The van der Waals surface area contributed by atoms with Crippen molar-refractivity contribution in [2.24, 2.45) is 11.8 Å². The Morgan fingerprint density at radius 3 is 2.85 bits per heavy atom. The molecule has 2 heterocycles. The van der Waals surface area contributed by atoms with Crippen molar-refractivity contribution in [3.05, 3.63) is 11.8 Å². The lowest BCUT2D eigenvalue weighted by Crippen LogP contribution is -2.27. The van der Waals surface area contributed by atoms with Crippen molar-refractivity contribution >= 4 is 17.7 Å². The second-order valence-corrected chi connectivity index (χ2v) is 5.30. The van der Waals surface area contributed by atoms with Crippen molar-refractivity contribution < 1.29 is 19.2 Å². The number of aryl methyl sites for hydroxylation is 1. The van der Waals surface area contributed by atoms with Gasteiger partial charge in [-0.3, -0.25) is 9.59 Å². The van der Waals surface area contributed by atoms with Crippen LogP contribution in [0.3, 0.4) is 0 Å². The van der Waals surface area contributed by atoms with Gasteiger partial charge in [0, 0.05) is 32.1 Å². The van der Waals surface area contributed by atoms with Gasteiger partial charge in [-0.2, -0.15) is 0 Å². The molecule has 1 aliphatic rings. The van der Waals surface area contributed by atoms with E-state index in [1.54, 1.807) is 13.0 Å². The molecule has 0 aromatic carbocycles. The summed E-state index contributed by atoms with van der Waals surface area (Å²) < 4.78 is 4.86. The van der Waals surface area contributed by atoms with Crippen molar-refractivity contribution in [3.8, 4) is 0 Å². The van der Waals surface area contributed by atoms with E-state index < -0.39 is 5.97 Å². The number of aromatic nitrogens is 1. The van der Waals surface area contributed by atoms with E-state index >= 15 is 0 Å². The number of carboxylic acid groups (broad SMARTS) is 1. The standard InChI is InChI=1S/C13H19N3O4/c1-8-6-16(7-10(8)13(18)19)4-3-12(17)14-11-5-9(2)20-15-11/h5,8,10H,3-4,6-7H2,1-2H3,(H,18,19)(H,14,15,17)/t8-,10-/m1/s1. The lowest BCUT2D eigenvalue weighted by molar-refractivity contribution is -0.142. The zero-order valence-corrected chi connectivity index (χ0v) is 11.6. The molecule has 0 radical (unpaired) electrons. The van der Waals surface area contributed by atoms with Gasteiger partial charge in [0.1, 0.15) is 5.76 Å². The van der Waals surface area contributed by atoms with Crippen LogP contribution in [-0.4, -0.2) is 46.7 Å². The second-order valence-electron chi connectivity index (χ2n) is 5.30. The Morgan fingerprint density at radius 1 is 1.55 bits per heavy atom. The number of hydrogen-bond acceptors (Lipinski definition) is 5. The Kier molecular flexibility index (Phi) is 4.39. The van der Waals surface area contributed by atoms with Crippen LogP contribution < -0.4 is 5.32 Å². The lowest BCUT2D eigenvalue weighted by Gasteiger charge is -2.14. The minimum atomic E-state index is -0.762. The first-order valence-corrected chi connectivity index (χ1v) is 6.64. The molecule has 20 heavy (non-hydrogen) atoms. The molecule has 0 aliphatic carbocycles. The van der Waals surface area contributed by atoms with E-state index in [0.29, 0.717) is 37.6 Å². The maximum atomic E-state index is 11.7. The number of amides is 1. The van der Waals surface area contributed by atoms with Gasteiger partial charge in [-0.05, 0) is 12.8 Å². The van der Waals surface area contributed by atoms with Gasteiger partial charge in [0.2, 0.25) is 5.91 Å². The van der Waals surface area contributed by atoms with Gasteiger partial charge in [0.15, 0.2) is 5.82 Å². The van der Waals surface area contributed by atoms with Gasteiger partial charge < -0.3 is 19.8 Å². The molecule has 0 saturated carbocycles. The first-order chi connectivity index (χ1) is 9.45. The largest absolute Gasteiger partial charge is 0.481 e. The normalized spacial score (nSPS) is 22.9. The number of nitrogens with zero attached hydrogens (tertiary/aromatic N) is 2. The summed E-state index contributed by atoms with van der Waals surface area (Å²) in [5, 5.41) is 15.4. The maximum Gasteiger partial charge on any atom is 0.308 e. The van der Waals surface area contributed by atoms with Gasteiger partial charge in [-0.25, -0.2) is 0 Å². The minimum absolute atomic E-state index is 0.119. The summed E-state index contributed by atoms with van der Waals surface area (Å²) in [5.74, 6) is -0.0825. The molecule has 0 spiro atoms. The van der Waals surface area contributed by atoms with E-state index in [2.05, 4.69) is 10.5 Å². The molecule has 1 fully saturated rings. The number of rotatable bonds is 5. The fraction of sp³-hybridized carbons (Fsp3) is 0.615. The molecule has 1 amide bonds. The summed E-state index contributed by atoms with van der Waals surface area (Å²) in [6, 6.07) is 1.65. The molecule has 7 nitrogen and oxygen atoms in total. The van der Waals surface area contributed by atoms with Crippen molar-refractivity contribution in [1.29, 1.82) is 0 Å². The third kappa shape index (κ3) is 3.57. The molecule has 1 aromatic rings. The highest BCUT2D eigenvalue weighted by atomic mass is 16.5. The first-order valence-electron chi connectivity index (χ1n) is 6.64. The van der Waals surface area contributed by atoms with E-state index in [4.69, 9.17) is 9.63 Å². The van der Waals surface area contributed by atoms with E-state index in [1.807, 2.05) is 11.8 Å². The zero-order valence-electron chi connectivity index (χ0n) is 11.6. The van der Waals surface area contributed by atoms with Crippen LogP contribution in [0.25, 0.3) is 0 Å². The van der Waals surface area contributed by atoms with Crippen LogP contribution in [0.15, 0.2) is 10.6 Å². The van der Waals surface area contributed by atoms with Gasteiger partial charge in [-0.15, -0.1) is 0 Å². The Hall–Kier alpha value is -1.89. The van der Waals surface area contributed by atoms with Crippen molar-refractivity contribution in [3.63, 3.8) is 0 Å². The number of carbonyl (C=O) groups is 2. The summed E-state index contributed by atoms with van der Waals surface area (Å²) >= 11 is 0. The van der Waals surface area contributed by atoms with E-state index in [-0.39, 0.29) is 17.7 Å². The molecule has 2 rings (SSSR count). The lowest BCUT2D eigenvalue weighted by atomic mass is 9.99. The number of aliphatic carboxylic acids is 1. The molecule has 110 valence electrons. The van der Waals surface area contributed by atoms with Crippen molar-refractivity contribution in [2.75, 3.05) is 25.0 Å². The van der Waals surface area contributed by atoms with E-state index in [9.17, 15) is 9.59 Å². The van der Waals surface area contributed by atoms with Crippen LogP contribution in [0, 0.1) is 18.8 Å². The molecule has 1 saturated heterocycles. The summed E-state index contributed by atoms with van der Waals surface area (Å²) in [6.45, 7) is 5.45. The number of carbonyl (C=O) groups excluding carboxylic acids is 1.